The fourth-order valence-electron chi connectivity index (χ4n) is 3.51. The first-order chi connectivity index (χ1) is 13.2. The third-order valence-electron chi connectivity index (χ3n) is 4.76. The molecule has 1 aromatic rings. The zero-order valence-electron chi connectivity index (χ0n) is 16.7. The molecule has 0 unspecified atom stereocenters. The van der Waals surface area contributed by atoms with Gasteiger partial charge in [0.15, 0.2) is 0 Å². The summed E-state index contributed by atoms with van der Waals surface area (Å²) in [5, 5.41) is 0. The Bertz CT molecular complexity index is 858. The van der Waals surface area contributed by atoms with Crippen LogP contribution >= 0.6 is 0 Å². The Kier molecular flexibility index (Phi) is 5.98. The lowest BCUT2D eigenvalue weighted by atomic mass is 9.94. The van der Waals surface area contributed by atoms with Crippen molar-refractivity contribution in [3.05, 3.63) is 29.8 Å². The van der Waals surface area contributed by atoms with E-state index >= 15 is 0 Å². The van der Waals surface area contributed by atoms with E-state index in [0.29, 0.717) is 24.6 Å². The highest BCUT2D eigenvalue weighted by molar-refractivity contribution is 7.90. The van der Waals surface area contributed by atoms with Gasteiger partial charge in [0.05, 0.1) is 12.2 Å². The summed E-state index contributed by atoms with van der Waals surface area (Å²) in [4.78, 5) is 14.2. The second-order valence-electron chi connectivity index (χ2n) is 8.29. The van der Waals surface area contributed by atoms with Gasteiger partial charge in [0.2, 0.25) is 5.90 Å². The lowest BCUT2D eigenvalue weighted by Gasteiger charge is -2.34. The van der Waals surface area contributed by atoms with Crippen molar-refractivity contribution >= 4 is 22.0 Å². The summed E-state index contributed by atoms with van der Waals surface area (Å²) >= 11 is 0. The van der Waals surface area contributed by atoms with Crippen molar-refractivity contribution < 1.29 is 22.7 Å². The second kappa shape index (κ2) is 8.11. The molecule has 1 aromatic carbocycles. The van der Waals surface area contributed by atoms with Crippen molar-refractivity contribution in [3.63, 3.8) is 0 Å². The van der Waals surface area contributed by atoms with Gasteiger partial charge in [-0.1, -0.05) is 12.1 Å². The number of rotatable bonds is 4. The highest BCUT2D eigenvalue weighted by Gasteiger charge is 2.30. The van der Waals surface area contributed by atoms with Gasteiger partial charge < -0.3 is 14.4 Å². The van der Waals surface area contributed by atoms with Gasteiger partial charge in [-0.15, -0.1) is 4.40 Å². The van der Waals surface area contributed by atoms with E-state index in [9.17, 15) is 13.2 Å². The Morgan fingerprint density at radius 2 is 2.04 bits per heavy atom. The number of likely N-dealkylation sites (tertiary alicyclic amines) is 1. The van der Waals surface area contributed by atoms with Crippen LogP contribution in [0.5, 0.6) is 0 Å². The first-order valence-corrected chi connectivity index (χ1v) is 11.1. The molecule has 28 heavy (non-hydrogen) atoms. The largest absolute Gasteiger partial charge is 0.477 e. The van der Waals surface area contributed by atoms with Crippen LogP contribution in [0.3, 0.4) is 0 Å². The van der Waals surface area contributed by atoms with Crippen LogP contribution in [0.25, 0.3) is 0 Å². The number of hydrogen-bond acceptors (Lipinski definition) is 5. The lowest BCUT2D eigenvalue weighted by molar-refractivity contribution is 0.0159. The zero-order valence-corrected chi connectivity index (χ0v) is 17.5. The highest BCUT2D eigenvalue weighted by atomic mass is 32.2. The number of hydrogen-bond donors (Lipinski definition) is 0. The van der Waals surface area contributed by atoms with Crippen LogP contribution in [0.1, 0.15) is 52.0 Å². The third-order valence-corrected chi connectivity index (χ3v) is 6.08. The van der Waals surface area contributed by atoms with Crippen LogP contribution in [0.2, 0.25) is 0 Å². The molecule has 0 spiro atoms. The third kappa shape index (κ3) is 5.04. The molecule has 3 rings (SSSR count). The normalized spacial score (nSPS) is 21.0. The van der Waals surface area contributed by atoms with Gasteiger partial charge in [-0.3, -0.25) is 0 Å². The molecular formula is C20H28N2O5S. The number of ether oxygens (including phenoxy) is 2. The minimum atomic E-state index is -3.64. The van der Waals surface area contributed by atoms with Crippen LogP contribution in [0, 0.1) is 5.92 Å². The average molecular weight is 409 g/mol. The SMILES string of the molecule is CC(C)(C)OC(=O)N1CCC[C@H](CCCOC2=NS(=O)(=O)c3ccccc32)C1. The summed E-state index contributed by atoms with van der Waals surface area (Å²) in [5.41, 5.74) is 0.0347. The zero-order chi connectivity index (χ0) is 20.4. The summed E-state index contributed by atoms with van der Waals surface area (Å²) in [7, 11) is -3.64. The number of carbonyl (C=O) groups excluding carboxylic acids is 1. The Morgan fingerprint density at radius 3 is 2.79 bits per heavy atom. The van der Waals surface area contributed by atoms with Gasteiger partial charge in [-0.2, -0.15) is 8.42 Å². The van der Waals surface area contributed by atoms with Crippen molar-refractivity contribution in [2.24, 2.45) is 10.3 Å². The molecule has 0 radical (unpaired) electrons. The molecule has 2 aliphatic rings. The molecule has 8 heteroatoms. The van der Waals surface area contributed by atoms with Gasteiger partial charge in [0.25, 0.3) is 10.0 Å². The van der Waals surface area contributed by atoms with Gasteiger partial charge in [0.1, 0.15) is 10.5 Å². The molecule has 0 aliphatic carbocycles. The predicted octanol–water partition coefficient (Wildman–Crippen LogP) is 3.58. The van der Waals surface area contributed by atoms with Crippen LogP contribution in [0.4, 0.5) is 4.79 Å². The number of piperidine rings is 1. The molecule has 1 fully saturated rings. The van der Waals surface area contributed by atoms with Crippen molar-refractivity contribution in [1.29, 1.82) is 0 Å². The van der Waals surface area contributed by atoms with Crippen LogP contribution in [-0.4, -0.2) is 50.6 Å². The molecule has 1 amide bonds. The standard InChI is InChI=1S/C20H28N2O5S/c1-20(2,3)27-19(23)22-12-6-8-15(14-22)9-7-13-26-18-16-10-4-5-11-17(16)28(24,25)21-18/h4-5,10-11,15H,6-9,12-14H2,1-3H3/t15-/m1/s1. The molecule has 1 atom stereocenters. The van der Waals surface area contributed by atoms with Crippen molar-refractivity contribution in [2.45, 2.75) is 57.0 Å². The quantitative estimate of drug-likeness (QED) is 0.711. The van der Waals surface area contributed by atoms with Crippen molar-refractivity contribution in [3.8, 4) is 0 Å². The molecule has 0 N–H and O–H groups in total. The minimum absolute atomic E-state index is 0.176. The minimum Gasteiger partial charge on any atom is -0.477 e. The first-order valence-electron chi connectivity index (χ1n) is 9.71. The van der Waals surface area contributed by atoms with Crippen molar-refractivity contribution in [2.75, 3.05) is 19.7 Å². The van der Waals surface area contributed by atoms with Gasteiger partial charge in [-0.05, 0) is 64.5 Å². The number of nitrogens with zero attached hydrogens (tertiary/aromatic N) is 2. The van der Waals surface area contributed by atoms with Crippen LogP contribution < -0.4 is 0 Å². The van der Waals surface area contributed by atoms with Crippen molar-refractivity contribution in [1.82, 2.24) is 4.90 Å². The fourth-order valence-corrected chi connectivity index (χ4v) is 4.67. The van der Waals surface area contributed by atoms with Gasteiger partial charge in [-0.25, -0.2) is 4.79 Å². The summed E-state index contributed by atoms with van der Waals surface area (Å²) in [6.07, 6.45) is 3.45. The van der Waals surface area contributed by atoms with E-state index in [-0.39, 0.29) is 16.9 Å². The maximum atomic E-state index is 12.2. The Hall–Kier alpha value is -2.09. The molecule has 0 bridgehead atoms. The smallest absolute Gasteiger partial charge is 0.410 e. The van der Waals surface area contributed by atoms with Crippen LogP contribution in [-0.2, 0) is 19.5 Å². The van der Waals surface area contributed by atoms with E-state index in [4.69, 9.17) is 9.47 Å². The highest BCUT2D eigenvalue weighted by Crippen LogP contribution is 2.27. The summed E-state index contributed by atoms with van der Waals surface area (Å²) < 4.78 is 38.9. The predicted molar refractivity (Wildman–Crippen MR) is 106 cm³/mol. The van der Waals surface area contributed by atoms with E-state index in [2.05, 4.69) is 4.40 Å². The Labute approximate surface area is 166 Å². The van der Waals surface area contributed by atoms with Gasteiger partial charge >= 0.3 is 6.09 Å². The number of carbonyl (C=O) groups is 1. The lowest BCUT2D eigenvalue weighted by Crippen LogP contribution is -2.42. The molecular weight excluding hydrogens is 380 g/mol. The molecule has 1 saturated heterocycles. The van der Waals surface area contributed by atoms with E-state index in [1.54, 1.807) is 23.1 Å². The maximum Gasteiger partial charge on any atom is 0.410 e. The van der Waals surface area contributed by atoms with Gasteiger partial charge in [0, 0.05) is 13.1 Å². The molecule has 7 nitrogen and oxygen atoms in total. The molecule has 154 valence electrons. The fraction of sp³-hybridized carbons (Fsp3) is 0.600. The van der Waals surface area contributed by atoms with E-state index in [1.165, 1.54) is 6.07 Å². The summed E-state index contributed by atoms with van der Waals surface area (Å²) in [5.74, 6) is 0.570. The topological polar surface area (TPSA) is 85.3 Å². The Balaban J connectivity index is 1.46. The van der Waals surface area contributed by atoms with E-state index in [1.807, 2.05) is 20.8 Å². The first kappa shape index (κ1) is 20.6. The maximum absolute atomic E-state index is 12.2. The number of benzene rings is 1. The second-order valence-corrected chi connectivity index (χ2v) is 9.87. The summed E-state index contributed by atoms with van der Waals surface area (Å²) in [6.45, 7) is 7.42. The van der Waals surface area contributed by atoms with E-state index < -0.39 is 15.6 Å². The number of sulfonamides is 1. The molecule has 0 saturated carbocycles. The average Bonchev–Trinajstić information content (AvgIpc) is 2.89. The summed E-state index contributed by atoms with van der Waals surface area (Å²) in [6, 6.07) is 6.69. The number of amides is 1. The molecule has 0 aromatic heterocycles. The van der Waals surface area contributed by atoms with Crippen LogP contribution in [0.15, 0.2) is 33.6 Å². The number of fused-ring (bicyclic) bond motifs is 1. The van der Waals surface area contributed by atoms with E-state index in [0.717, 1.165) is 32.2 Å². The molecule has 2 aliphatic heterocycles. The monoisotopic (exact) mass is 408 g/mol. The Morgan fingerprint density at radius 1 is 1.29 bits per heavy atom. The molecule has 2 heterocycles.